The van der Waals surface area contributed by atoms with Gasteiger partial charge < -0.3 is 10.1 Å². The Morgan fingerprint density at radius 2 is 2.12 bits per heavy atom. The van der Waals surface area contributed by atoms with Gasteiger partial charge in [-0.15, -0.1) is 0 Å². The Balaban J connectivity index is 1.86. The van der Waals surface area contributed by atoms with Crippen LogP contribution in [0.25, 0.3) is 0 Å². The van der Waals surface area contributed by atoms with Crippen molar-refractivity contribution in [3.05, 3.63) is 29.8 Å². The van der Waals surface area contributed by atoms with Crippen LogP contribution < -0.4 is 10.1 Å². The first-order valence-corrected chi connectivity index (χ1v) is 6.58. The number of hydrogen-bond acceptors (Lipinski definition) is 2. The van der Waals surface area contributed by atoms with Crippen LogP contribution >= 0.6 is 0 Å². The molecular weight excluding hydrogens is 210 g/mol. The lowest BCUT2D eigenvalue weighted by atomic mass is 10.0. The molecule has 2 unspecified atom stereocenters. The molecule has 2 nitrogen and oxygen atoms in total. The van der Waals surface area contributed by atoms with E-state index in [1.807, 2.05) is 6.07 Å². The molecule has 1 saturated carbocycles. The van der Waals surface area contributed by atoms with E-state index in [0.717, 1.165) is 24.1 Å². The monoisotopic (exact) mass is 233 g/mol. The second-order valence-electron chi connectivity index (χ2n) is 5.22. The summed E-state index contributed by atoms with van der Waals surface area (Å²) in [7, 11) is 1.71. The zero-order valence-corrected chi connectivity index (χ0v) is 11.1. The third-order valence-electron chi connectivity index (χ3n) is 3.77. The van der Waals surface area contributed by atoms with Crippen molar-refractivity contribution in [2.24, 2.45) is 11.8 Å². The highest BCUT2D eigenvalue weighted by molar-refractivity contribution is 5.30. The molecule has 0 bridgehead atoms. The molecule has 94 valence electrons. The summed E-state index contributed by atoms with van der Waals surface area (Å²) in [5.74, 6) is 2.72. The Hall–Kier alpha value is -1.02. The SMILES string of the molecule is COc1cccc(C(C)NCC(C)C2CC2)c1. The molecule has 0 amide bonds. The van der Waals surface area contributed by atoms with Crippen molar-refractivity contribution in [2.75, 3.05) is 13.7 Å². The summed E-state index contributed by atoms with van der Waals surface area (Å²) in [6, 6.07) is 8.70. The van der Waals surface area contributed by atoms with Gasteiger partial charge in [0.05, 0.1) is 7.11 Å². The van der Waals surface area contributed by atoms with E-state index in [1.165, 1.54) is 18.4 Å². The first-order chi connectivity index (χ1) is 8.20. The Morgan fingerprint density at radius 1 is 1.35 bits per heavy atom. The van der Waals surface area contributed by atoms with Crippen LogP contribution in [-0.4, -0.2) is 13.7 Å². The molecule has 17 heavy (non-hydrogen) atoms. The molecule has 2 rings (SSSR count). The van der Waals surface area contributed by atoms with E-state index < -0.39 is 0 Å². The van der Waals surface area contributed by atoms with Gasteiger partial charge in [-0.05, 0) is 55.8 Å². The lowest BCUT2D eigenvalue weighted by molar-refractivity contribution is 0.410. The largest absolute Gasteiger partial charge is 0.497 e. The fourth-order valence-corrected chi connectivity index (χ4v) is 2.22. The molecule has 0 radical (unpaired) electrons. The van der Waals surface area contributed by atoms with Gasteiger partial charge in [0.25, 0.3) is 0 Å². The normalized spacial score (nSPS) is 18.8. The second kappa shape index (κ2) is 5.54. The molecule has 0 heterocycles. The zero-order valence-electron chi connectivity index (χ0n) is 11.1. The van der Waals surface area contributed by atoms with Gasteiger partial charge in [0, 0.05) is 6.04 Å². The van der Waals surface area contributed by atoms with Gasteiger partial charge in [0.1, 0.15) is 5.75 Å². The van der Waals surface area contributed by atoms with E-state index >= 15 is 0 Å². The van der Waals surface area contributed by atoms with Crippen LogP contribution in [0.5, 0.6) is 5.75 Å². The topological polar surface area (TPSA) is 21.3 Å². The number of ether oxygens (including phenoxy) is 1. The van der Waals surface area contributed by atoms with Crippen LogP contribution in [0, 0.1) is 11.8 Å². The summed E-state index contributed by atoms with van der Waals surface area (Å²) in [5, 5.41) is 3.62. The Morgan fingerprint density at radius 3 is 2.76 bits per heavy atom. The van der Waals surface area contributed by atoms with E-state index in [9.17, 15) is 0 Å². The van der Waals surface area contributed by atoms with Gasteiger partial charge in [-0.1, -0.05) is 19.1 Å². The summed E-state index contributed by atoms with van der Waals surface area (Å²) >= 11 is 0. The maximum absolute atomic E-state index is 5.25. The third-order valence-corrected chi connectivity index (χ3v) is 3.77. The first-order valence-electron chi connectivity index (χ1n) is 6.58. The maximum Gasteiger partial charge on any atom is 0.119 e. The molecule has 1 aliphatic carbocycles. The number of benzene rings is 1. The average Bonchev–Trinajstić information content (AvgIpc) is 3.19. The van der Waals surface area contributed by atoms with Crippen LogP contribution in [0.4, 0.5) is 0 Å². The third kappa shape index (κ3) is 3.47. The van der Waals surface area contributed by atoms with Crippen molar-refractivity contribution in [3.8, 4) is 5.75 Å². The highest BCUT2D eigenvalue weighted by Gasteiger charge is 2.27. The number of nitrogens with one attached hydrogen (secondary N) is 1. The van der Waals surface area contributed by atoms with Gasteiger partial charge in [-0.2, -0.15) is 0 Å². The van der Waals surface area contributed by atoms with Gasteiger partial charge in [-0.25, -0.2) is 0 Å². The molecule has 1 N–H and O–H groups in total. The minimum atomic E-state index is 0.395. The number of methoxy groups -OCH3 is 1. The van der Waals surface area contributed by atoms with Gasteiger partial charge >= 0.3 is 0 Å². The predicted octanol–water partition coefficient (Wildman–Crippen LogP) is 3.39. The highest BCUT2D eigenvalue weighted by Crippen LogP contribution is 2.36. The van der Waals surface area contributed by atoms with Gasteiger partial charge in [0.2, 0.25) is 0 Å². The van der Waals surface area contributed by atoms with Crippen molar-refractivity contribution in [3.63, 3.8) is 0 Å². The maximum atomic E-state index is 5.25. The fraction of sp³-hybridized carbons (Fsp3) is 0.600. The molecule has 1 fully saturated rings. The summed E-state index contributed by atoms with van der Waals surface area (Å²) in [6.45, 7) is 5.68. The summed E-state index contributed by atoms with van der Waals surface area (Å²) < 4.78 is 5.25. The number of rotatable bonds is 6. The zero-order chi connectivity index (χ0) is 12.3. The average molecular weight is 233 g/mol. The van der Waals surface area contributed by atoms with Gasteiger partial charge in [-0.3, -0.25) is 0 Å². The first kappa shape index (κ1) is 12.4. The molecule has 1 aromatic rings. The smallest absolute Gasteiger partial charge is 0.119 e. The summed E-state index contributed by atoms with van der Waals surface area (Å²) in [4.78, 5) is 0. The lowest BCUT2D eigenvalue weighted by Crippen LogP contribution is -2.25. The van der Waals surface area contributed by atoms with Crippen LogP contribution in [0.2, 0.25) is 0 Å². The molecule has 2 heteroatoms. The van der Waals surface area contributed by atoms with Crippen molar-refractivity contribution >= 4 is 0 Å². The molecular formula is C15H23NO. The fourth-order valence-electron chi connectivity index (χ4n) is 2.22. The van der Waals surface area contributed by atoms with Crippen LogP contribution in [-0.2, 0) is 0 Å². The van der Waals surface area contributed by atoms with E-state index in [-0.39, 0.29) is 0 Å². The molecule has 1 aliphatic rings. The summed E-state index contributed by atoms with van der Waals surface area (Å²) in [5.41, 5.74) is 1.30. The Bertz CT molecular complexity index is 360. The minimum absolute atomic E-state index is 0.395. The lowest BCUT2D eigenvalue weighted by Gasteiger charge is -2.18. The van der Waals surface area contributed by atoms with E-state index in [0.29, 0.717) is 6.04 Å². The molecule has 0 aromatic heterocycles. The van der Waals surface area contributed by atoms with Crippen molar-refractivity contribution < 1.29 is 4.74 Å². The van der Waals surface area contributed by atoms with E-state index in [1.54, 1.807) is 7.11 Å². The number of hydrogen-bond donors (Lipinski definition) is 1. The summed E-state index contributed by atoms with van der Waals surface area (Å²) in [6.07, 6.45) is 2.85. The van der Waals surface area contributed by atoms with Crippen molar-refractivity contribution in [2.45, 2.75) is 32.7 Å². The van der Waals surface area contributed by atoms with Crippen LogP contribution in [0.15, 0.2) is 24.3 Å². The van der Waals surface area contributed by atoms with Crippen LogP contribution in [0.3, 0.4) is 0 Å². The standard InChI is InChI=1S/C15H23NO/c1-11(13-7-8-13)10-16-12(2)14-5-4-6-15(9-14)17-3/h4-6,9,11-13,16H,7-8,10H2,1-3H3. The molecule has 2 atom stereocenters. The highest BCUT2D eigenvalue weighted by atomic mass is 16.5. The molecule has 1 aromatic carbocycles. The van der Waals surface area contributed by atoms with Gasteiger partial charge in [0.15, 0.2) is 0 Å². The predicted molar refractivity (Wildman–Crippen MR) is 71.3 cm³/mol. The molecule has 0 spiro atoms. The Labute approximate surface area is 104 Å². The van der Waals surface area contributed by atoms with Crippen LogP contribution in [0.1, 0.15) is 38.3 Å². The van der Waals surface area contributed by atoms with E-state index in [2.05, 4.69) is 37.4 Å². The Kier molecular flexibility index (Phi) is 4.06. The quantitative estimate of drug-likeness (QED) is 0.813. The minimum Gasteiger partial charge on any atom is -0.497 e. The van der Waals surface area contributed by atoms with Crippen molar-refractivity contribution in [1.29, 1.82) is 0 Å². The van der Waals surface area contributed by atoms with E-state index in [4.69, 9.17) is 4.74 Å². The molecule has 0 saturated heterocycles. The molecule has 0 aliphatic heterocycles. The van der Waals surface area contributed by atoms with Crippen molar-refractivity contribution in [1.82, 2.24) is 5.32 Å². The second-order valence-corrected chi connectivity index (χ2v) is 5.22.